The van der Waals surface area contributed by atoms with Gasteiger partial charge in [-0.05, 0) is 25.0 Å². The molecule has 90 valence electrons. The molecule has 0 saturated heterocycles. The lowest BCUT2D eigenvalue weighted by Gasteiger charge is -2.20. The van der Waals surface area contributed by atoms with Crippen molar-refractivity contribution in [3.63, 3.8) is 0 Å². The third kappa shape index (κ3) is 2.16. The molecule has 1 aromatic rings. The van der Waals surface area contributed by atoms with E-state index in [1.54, 1.807) is 19.2 Å². The summed E-state index contributed by atoms with van der Waals surface area (Å²) in [5, 5.41) is 2.70. The van der Waals surface area contributed by atoms with Gasteiger partial charge in [-0.1, -0.05) is 0 Å². The van der Waals surface area contributed by atoms with Gasteiger partial charge in [-0.2, -0.15) is 0 Å². The van der Waals surface area contributed by atoms with Gasteiger partial charge in [-0.25, -0.2) is 0 Å². The third-order valence-corrected chi connectivity index (χ3v) is 2.91. The second-order valence-electron chi connectivity index (χ2n) is 4.13. The van der Waals surface area contributed by atoms with Gasteiger partial charge in [0.25, 0.3) is 0 Å². The Bertz CT molecular complexity index is 480. The van der Waals surface area contributed by atoms with Crippen LogP contribution in [0.1, 0.15) is 35.7 Å². The van der Waals surface area contributed by atoms with Crippen molar-refractivity contribution < 1.29 is 14.3 Å². The van der Waals surface area contributed by atoms with E-state index >= 15 is 0 Å². The van der Waals surface area contributed by atoms with Crippen LogP contribution in [0.15, 0.2) is 12.1 Å². The predicted molar refractivity (Wildman–Crippen MR) is 64.6 cm³/mol. The minimum Gasteiger partial charge on any atom is -0.496 e. The molecule has 0 spiro atoms. The highest BCUT2D eigenvalue weighted by Crippen LogP contribution is 2.34. The first-order chi connectivity index (χ1) is 8.13. The first kappa shape index (κ1) is 11.6. The molecule has 1 aromatic carbocycles. The van der Waals surface area contributed by atoms with Gasteiger partial charge in [0.05, 0.1) is 12.8 Å². The summed E-state index contributed by atoms with van der Waals surface area (Å²) in [6.07, 6.45) is 2.19. The number of carbonyl (C=O) groups is 2. The zero-order valence-electron chi connectivity index (χ0n) is 10.0. The van der Waals surface area contributed by atoms with Crippen LogP contribution in [0.3, 0.4) is 0 Å². The number of hydrogen-bond donors (Lipinski definition) is 1. The fourth-order valence-electron chi connectivity index (χ4n) is 2.23. The number of ether oxygens (including phenoxy) is 1. The van der Waals surface area contributed by atoms with E-state index in [2.05, 4.69) is 5.32 Å². The molecular weight excluding hydrogens is 218 g/mol. The summed E-state index contributed by atoms with van der Waals surface area (Å²) in [5.74, 6) is 0.631. The van der Waals surface area contributed by atoms with Crippen molar-refractivity contribution in [3.8, 4) is 5.75 Å². The fraction of sp³-hybridized carbons (Fsp3) is 0.385. The molecule has 1 aliphatic rings. The number of Topliss-reactive ketones (excluding diaryl/α,β-unsaturated/α-hetero) is 1. The van der Waals surface area contributed by atoms with Crippen molar-refractivity contribution in [2.75, 3.05) is 12.4 Å². The number of anilines is 1. The number of methoxy groups -OCH3 is 1. The average molecular weight is 233 g/mol. The molecule has 1 N–H and O–H groups in total. The number of carbonyl (C=O) groups excluding carboxylic acids is 2. The molecular formula is C13H15NO3. The molecule has 0 aliphatic heterocycles. The van der Waals surface area contributed by atoms with Crippen LogP contribution < -0.4 is 10.1 Å². The maximum absolute atomic E-state index is 11.9. The summed E-state index contributed by atoms with van der Waals surface area (Å²) in [7, 11) is 1.59. The lowest BCUT2D eigenvalue weighted by atomic mass is 9.88. The second-order valence-corrected chi connectivity index (χ2v) is 4.13. The van der Waals surface area contributed by atoms with Crippen LogP contribution in [-0.4, -0.2) is 18.8 Å². The van der Waals surface area contributed by atoms with E-state index in [1.165, 1.54) is 6.92 Å². The molecule has 0 saturated carbocycles. The lowest BCUT2D eigenvalue weighted by molar-refractivity contribution is -0.114. The maximum atomic E-state index is 11.9. The van der Waals surface area contributed by atoms with Crippen LogP contribution in [0, 0.1) is 0 Å². The molecule has 0 bridgehead atoms. The van der Waals surface area contributed by atoms with Crippen molar-refractivity contribution in [2.45, 2.75) is 26.2 Å². The largest absolute Gasteiger partial charge is 0.496 e. The van der Waals surface area contributed by atoms with Crippen molar-refractivity contribution in [3.05, 3.63) is 23.3 Å². The monoisotopic (exact) mass is 233 g/mol. The molecule has 4 heteroatoms. The Labute approximate surface area is 100.0 Å². The smallest absolute Gasteiger partial charge is 0.221 e. The Morgan fingerprint density at radius 2 is 2.12 bits per heavy atom. The molecule has 0 fully saturated rings. The van der Waals surface area contributed by atoms with Gasteiger partial charge in [0.15, 0.2) is 5.78 Å². The summed E-state index contributed by atoms with van der Waals surface area (Å²) in [6, 6.07) is 3.52. The van der Waals surface area contributed by atoms with Crippen molar-refractivity contribution in [1.29, 1.82) is 0 Å². The normalized spacial score (nSPS) is 14.1. The summed E-state index contributed by atoms with van der Waals surface area (Å²) in [5.41, 5.74) is 2.12. The van der Waals surface area contributed by atoms with E-state index in [-0.39, 0.29) is 11.7 Å². The Kier molecular flexibility index (Phi) is 3.13. The van der Waals surface area contributed by atoms with Gasteiger partial charge in [-0.3, -0.25) is 9.59 Å². The highest BCUT2D eigenvalue weighted by atomic mass is 16.5. The van der Waals surface area contributed by atoms with Crippen LogP contribution >= 0.6 is 0 Å². The predicted octanol–water partition coefficient (Wildman–Crippen LogP) is 2.17. The van der Waals surface area contributed by atoms with Gasteiger partial charge in [0.2, 0.25) is 5.91 Å². The Morgan fingerprint density at radius 3 is 2.76 bits per heavy atom. The van der Waals surface area contributed by atoms with E-state index in [1.807, 2.05) is 0 Å². The number of rotatable bonds is 2. The number of fused-ring (bicyclic) bond motifs is 1. The highest BCUT2D eigenvalue weighted by Gasteiger charge is 2.24. The summed E-state index contributed by atoms with van der Waals surface area (Å²) >= 11 is 0. The molecule has 0 radical (unpaired) electrons. The van der Waals surface area contributed by atoms with Gasteiger partial charge in [0.1, 0.15) is 5.75 Å². The van der Waals surface area contributed by atoms with Gasteiger partial charge in [0, 0.05) is 24.5 Å². The standard InChI is InChI=1S/C13H15NO3/c1-8(15)14-10-6-7-12(17-2)9-4-3-5-11(16)13(9)10/h6-7H,3-5H2,1-2H3,(H,14,15). The summed E-state index contributed by atoms with van der Waals surface area (Å²) in [4.78, 5) is 23.1. The van der Waals surface area contributed by atoms with Crippen molar-refractivity contribution >= 4 is 17.4 Å². The third-order valence-electron chi connectivity index (χ3n) is 2.91. The van der Waals surface area contributed by atoms with Crippen LogP contribution in [0.2, 0.25) is 0 Å². The number of hydrogen-bond acceptors (Lipinski definition) is 3. The molecule has 1 aliphatic carbocycles. The number of nitrogens with one attached hydrogen (secondary N) is 1. The second kappa shape index (κ2) is 4.57. The van der Waals surface area contributed by atoms with Gasteiger partial charge < -0.3 is 10.1 Å². The van der Waals surface area contributed by atoms with Crippen LogP contribution in [0.25, 0.3) is 0 Å². The van der Waals surface area contributed by atoms with E-state index < -0.39 is 0 Å². The zero-order valence-corrected chi connectivity index (χ0v) is 10.0. The van der Waals surface area contributed by atoms with Gasteiger partial charge >= 0.3 is 0 Å². The summed E-state index contributed by atoms with van der Waals surface area (Å²) in [6.45, 7) is 1.43. The summed E-state index contributed by atoms with van der Waals surface area (Å²) < 4.78 is 5.26. The highest BCUT2D eigenvalue weighted by molar-refractivity contribution is 6.07. The van der Waals surface area contributed by atoms with E-state index in [9.17, 15) is 9.59 Å². The Hall–Kier alpha value is -1.84. The molecule has 0 unspecified atom stereocenters. The quantitative estimate of drug-likeness (QED) is 0.851. The van der Waals surface area contributed by atoms with E-state index in [0.717, 1.165) is 24.2 Å². The fourth-order valence-corrected chi connectivity index (χ4v) is 2.23. The molecule has 1 amide bonds. The van der Waals surface area contributed by atoms with Crippen molar-refractivity contribution in [1.82, 2.24) is 0 Å². The average Bonchev–Trinajstić information content (AvgIpc) is 2.28. The lowest BCUT2D eigenvalue weighted by Crippen LogP contribution is -2.17. The maximum Gasteiger partial charge on any atom is 0.221 e. The minimum atomic E-state index is -0.171. The van der Waals surface area contributed by atoms with E-state index in [0.29, 0.717) is 17.7 Å². The van der Waals surface area contributed by atoms with Gasteiger partial charge in [-0.15, -0.1) is 0 Å². The van der Waals surface area contributed by atoms with Crippen LogP contribution in [0.5, 0.6) is 5.75 Å². The molecule has 0 heterocycles. The number of ketones is 1. The van der Waals surface area contributed by atoms with E-state index in [4.69, 9.17) is 4.74 Å². The molecule has 17 heavy (non-hydrogen) atoms. The first-order valence-electron chi connectivity index (χ1n) is 5.64. The molecule has 0 atom stereocenters. The Morgan fingerprint density at radius 1 is 1.35 bits per heavy atom. The minimum absolute atomic E-state index is 0.0777. The first-order valence-corrected chi connectivity index (χ1v) is 5.64. The van der Waals surface area contributed by atoms with Crippen LogP contribution in [0.4, 0.5) is 5.69 Å². The molecule has 4 nitrogen and oxygen atoms in total. The van der Waals surface area contributed by atoms with Crippen LogP contribution in [-0.2, 0) is 11.2 Å². The SMILES string of the molecule is COc1ccc(NC(C)=O)c2c1CCCC2=O. The zero-order chi connectivity index (χ0) is 12.4. The molecule has 0 aromatic heterocycles. The van der Waals surface area contributed by atoms with Crippen molar-refractivity contribution in [2.24, 2.45) is 0 Å². The Balaban J connectivity index is 2.55. The topological polar surface area (TPSA) is 55.4 Å². The number of amides is 1. The number of benzene rings is 1. The molecule has 2 rings (SSSR count).